The van der Waals surface area contributed by atoms with Gasteiger partial charge in [0.1, 0.15) is 0 Å². The molecule has 1 atom stereocenters. The molecule has 9 nitrogen and oxygen atoms in total. The fraction of sp³-hybridized carbons (Fsp3) is 0.448. The molecule has 2 aromatic carbocycles. The molecule has 2 aromatic rings. The molecule has 3 N–H and O–H groups in total. The molecule has 0 radical (unpaired) electrons. The third-order valence-electron chi connectivity index (χ3n) is 7.41. The number of rotatable bonds is 11. The number of nitrogens with one attached hydrogen (secondary N) is 2. The van der Waals surface area contributed by atoms with E-state index < -0.39 is 11.9 Å². The summed E-state index contributed by atoms with van der Waals surface area (Å²) in [6.07, 6.45) is 5.55. The minimum absolute atomic E-state index is 0.000225. The number of nitrogens with zero attached hydrogens (tertiary/aromatic N) is 2. The molecule has 1 aliphatic carbocycles. The molecule has 1 heterocycles. The zero-order valence-corrected chi connectivity index (χ0v) is 21.8. The van der Waals surface area contributed by atoms with Crippen LogP contribution in [0.2, 0.25) is 0 Å². The Labute approximate surface area is 222 Å². The third-order valence-corrected chi connectivity index (χ3v) is 7.41. The first-order chi connectivity index (χ1) is 18.3. The summed E-state index contributed by atoms with van der Waals surface area (Å²) in [6, 6.07) is 15.0. The Morgan fingerprint density at radius 1 is 1.00 bits per heavy atom. The summed E-state index contributed by atoms with van der Waals surface area (Å²) in [7, 11) is 0. The number of carbonyl (C=O) groups is 4. The Balaban J connectivity index is 1.31. The average molecular weight is 521 g/mol. The molecule has 9 heteroatoms. The first-order valence-electron chi connectivity index (χ1n) is 13.3. The lowest BCUT2D eigenvalue weighted by Gasteiger charge is -2.41. The third kappa shape index (κ3) is 7.19. The summed E-state index contributed by atoms with van der Waals surface area (Å²) in [6.45, 7) is 3.65. The van der Waals surface area contributed by atoms with Crippen molar-refractivity contribution < 1.29 is 24.3 Å². The Bertz CT molecular complexity index is 1200. The molecule has 0 spiro atoms. The van der Waals surface area contributed by atoms with Crippen molar-refractivity contribution >= 4 is 34.5 Å². The number of likely N-dealkylation sites (tertiary alicyclic amines) is 1. The SMILES string of the molecule is C[C@H](c1cccc2ccccc12)N1CCC(N(CC(=O)NCC(=O)NC/C=C/C(=O)O)C(=O)C2CC2)CC1. The summed E-state index contributed by atoms with van der Waals surface area (Å²) in [4.78, 5) is 52.3. The minimum Gasteiger partial charge on any atom is -0.478 e. The van der Waals surface area contributed by atoms with Gasteiger partial charge in [-0.15, -0.1) is 0 Å². The van der Waals surface area contributed by atoms with Crippen molar-refractivity contribution in [3.63, 3.8) is 0 Å². The highest BCUT2D eigenvalue weighted by molar-refractivity contribution is 5.90. The number of carboxylic acids is 1. The summed E-state index contributed by atoms with van der Waals surface area (Å²) < 4.78 is 0. The highest BCUT2D eigenvalue weighted by Crippen LogP contribution is 2.34. The number of benzene rings is 2. The summed E-state index contributed by atoms with van der Waals surface area (Å²) in [5.74, 6) is -1.86. The van der Waals surface area contributed by atoms with Gasteiger partial charge in [0.05, 0.1) is 13.1 Å². The highest BCUT2D eigenvalue weighted by atomic mass is 16.4. The molecule has 0 unspecified atom stereocenters. The molecule has 2 fully saturated rings. The van der Waals surface area contributed by atoms with Crippen LogP contribution in [0.5, 0.6) is 0 Å². The van der Waals surface area contributed by atoms with Gasteiger partial charge < -0.3 is 20.6 Å². The largest absolute Gasteiger partial charge is 0.478 e. The van der Waals surface area contributed by atoms with Crippen LogP contribution in [0, 0.1) is 5.92 Å². The van der Waals surface area contributed by atoms with Crippen molar-refractivity contribution in [2.75, 3.05) is 32.7 Å². The van der Waals surface area contributed by atoms with Gasteiger partial charge in [-0.25, -0.2) is 4.79 Å². The van der Waals surface area contributed by atoms with Crippen LogP contribution in [0.3, 0.4) is 0 Å². The molecule has 2 aliphatic rings. The molecule has 0 bridgehead atoms. The first kappa shape index (κ1) is 27.3. The maximum atomic E-state index is 13.1. The molecule has 3 amide bonds. The van der Waals surface area contributed by atoms with E-state index in [2.05, 4.69) is 64.9 Å². The van der Waals surface area contributed by atoms with E-state index in [1.807, 2.05) is 0 Å². The standard InChI is InChI=1S/C29H36N4O5/c1-20(24-9-4-7-21-6-2-3-8-25(21)24)32-16-13-23(14-17-32)33(29(38)22-11-12-22)19-27(35)31-18-26(34)30-15-5-10-28(36)37/h2-10,20,22-23H,11-19H2,1H3,(H,30,34)(H,31,35)(H,36,37)/b10-5+/t20-/m1/s1. The summed E-state index contributed by atoms with van der Waals surface area (Å²) in [5, 5.41) is 16.2. The smallest absolute Gasteiger partial charge is 0.328 e. The summed E-state index contributed by atoms with van der Waals surface area (Å²) in [5.41, 5.74) is 1.29. The van der Waals surface area contributed by atoms with Crippen LogP contribution < -0.4 is 10.6 Å². The number of amides is 3. The number of hydrogen-bond acceptors (Lipinski definition) is 5. The van der Waals surface area contributed by atoms with Gasteiger partial charge >= 0.3 is 5.97 Å². The Morgan fingerprint density at radius 2 is 1.71 bits per heavy atom. The average Bonchev–Trinajstić information content (AvgIpc) is 3.78. The highest BCUT2D eigenvalue weighted by Gasteiger charge is 2.38. The molecular weight excluding hydrogens is 484 g/mol. The van der Waals surface area contributed by atoms with Gasteiger partial charge in [0.15, 0.2) is 0 Å². The van der Waals surface area contributed by atoms with Crippen molar-refractivity contribution in [1.29, 1.82) is 0 Å². The number of carboxylic acid groups (broad SMARTS) is 1. The van der Waals surface area contributed by atoms with Crippen molar-refractivity contribution in [1.82, 2.24) is 20.4 Å². The molecule has 1 saturated heterocycles. The fourth-order valence-electron chi connectivity index (χ4n) is 5.13. The lowest BCUT2D eigenvalue weighted by atomic mass is 9.95. The van der Waals surface area contributed by atoms with E-state index in [1.54, 1.807) is 4.90 Å². The number of hydrogen-bond donors (Lipinski definition) is 3. The summed E-state index contributed by atoms with van der Waals surface area (Å²) >= 11 is 0. The van der Waals surface area contributed by atoms with E-state index >= 15 is 0 Å². The topological polar surface area (TPSA) is 119 Å². The predicted octanol–water partition coefficient (Wildman–Crippen LogP) is 2.48. The number of fused-ring (bicyclic) bond motifs is 1. The van der Waals surface area contributed by atoms with Gasteiger partial charge in [-0.05, 0) is 48.9 Å². The van der Waals surface area contributed by atoms with Crippen LogP contribution in [-0.4, -0.2) is 77.4 Å². The predicted molar refractivity (Wildman–Crippen MR) is 144 cm³/mol. The van der Waals surface area contributed by atoms with Crippen LogP contribution in [0.15, 0.2) is 54.6 Å². The van der Waals surface area contributed by atoms with Crippen molar-refractivity contribution in [3.05, 3.63) is 60.2 Å². The molecule has 1 aliphatic heterocycles. The molecule has 202 valence electrons. The monoisotopic (exact) mass is 520 g/mol. The maximum absolute atomic E-state index is 13.1. The number of piperidine rings is 1. The van der Waals surface area contributed by atoms with Gasteiger partial charge in [0, 0.05) is 43.7 Å². The van der Waals surface area contributed by atoms with Gasteiger partial charge in [-0.3, -0.25) is 19.3 Å². The first-order valence-corrected chi connectivity index (χ1v) is 13.3. The van der Waals surface area contributed by atoms with Gasteiger partial charge in [-0.2, -0.15) is 0 Å². The Morgan fingerprint density at radius 3 is 2.42 bits per heavy atom. The molecule has 1 saturated carbocycles. The lowest BCUT2D eigenvalue weighted by Crippen LogP contribution is -2.52. The van der Waals surface area contributed by atoms with E-state index in [0.717, 1.165) is 44.8 Å². The maximum Gasteiger partial charge on any atom is 0.328 e. The zero-order chi connectivity index (χ0) is 27.1. The van der Waals surface area contributed by atoms with Crippen molar-refractivity contribution in [2.45, 2.75) is 44.7 Å². The van der Waals surface area contributed by atoms with Crippen LogP contribution in [0.4, 0.5) is 0 Å². The number of aliphatic carboxylic acids is 1. The Hall–Kier alpha value is -3.72. The van der Waals surface area contributed by atoms with Gasteiger partial charge in [-0.1, -0.05) is 48.5 Å². The van der Waals surface area contributed by atoms with Crippen LogP contribution in [0.25, 0.3) is 10.8 Å². The second-order valence-corrected chi connectivity index (χ2v) is 10.1. The van der Waals surface area contributed by atoms with E-state index in [-0.39, 0.29) is 49.5 Å². The lowest BCUT2D eigenvalue weighted by molar-refractivity contribution is -0.140. The van der Waals surface area contributed by atoms with Crippen LogP contribution in [-0.2, 0) is 19.2 Å². The zero-order valence-electron chi connectivity index (χ0n) is 21.8. The van der Waals surface area contributed by atoms with Crippen molar-refractivity contribution in [2.24, 2.45) is 5.92 Å². The van der Waals surface area contributed by atoms with E-state index in [1.165, 1.54) is 22.4 Å². The minimum atomic E-state index is -1.10. The second kappa shape index (κ2) is 12.7. The Kier molecular flexibility index (Phi) is 9.12. The van der Waals surface area contributed by atoms with E-state index in [4.69, 9.17) is 5.11 Å². The molecule has 4 rings (SSSR count). The van der Waals surface area contributed by atoms with E-state index in [0.29, 0.717) is 0 Å². The van der Waals surface area contributed by atoms with Crippen LogP contribution >= 0.6 is 0 Å². The number of carbonyl (C=O) groups excluding carboxylic acids is 3. The fourth-order valence-corrected chi connectivity index (χ4v) is 5.13. The quantitative estimate of drug-likeness (QED) is 0.392. The van der Waals surface area contributed by atoms with Crippen molar-refractivity contribution in [3.8, 4) is 0 Å². The molecule has 0 aromatic heterocycles. The van der Waals surface area contributed by atoms with Crippen LogP contribution in [0.1, 0.15) is 44.2 Å². The van der Waals surface area contributed by atoms with E-state index in [9.17, 15) is 19.2 Å². The normalized spacial score (nSPS) is 17.3. The van der Waals surface area contributed by atoms with Gasteiger partial charge in [0.25, 0.3) is 0 Å². The van der Waals surface area contributed by atoms with Gasteiger partial charge in [0.2, 0.25) is 17.7 Å². The molecule has 38 heavy (non-hydrogen) atoms. The second-order valence-electron chi connectivity index (χ2n) is 10.1. The molecular formula is C29H36N4O5.